The lowest BCUT2D eigenvalue weighted by molar-refractivity contribution is -0.124. The van der Waals surface area contributed by atoms with Crippen molar-refractivity contribution in [3.05, 3.63) is 53.6 Å². The number of nitrogens with zero attached hydrogens (tertiary/aromatic N) is 3. The highest BCUT2D eigenvalue weighted by atomic mass is 19.1. The maximum atomic E-state index is 13.8. The summed E-state index contributed by atoms with van der Waals surface area (Å²) in [6, 6.07) is 5.51. The van der Waals surface area contributed by atoms with Crippen LogP contribution in [0.2, 0.25) is 0 Å². The van der Waals surface area contributed by atoms with Crippen LogP contribution < -0.4 is 10.6 Å². The molecule has 1 aromatic carbocycles. The van der Waals surface area contributed by atoms with Gasteiger partial charge in [0, 0.05) is 37.9 Å². The number of aromatic nitrogens is 2. The Labute approximate surface area is 157 Å². The van der Waals surface area contributed by atoms with Crippen molar-refractivity contribution in [1.29, 1.82) is 0 Å². The summed E-state index contributed by atoms with van der Waals surface area (Å²) in [5, 5.41) is 10.1. The molecule has 1 aliphatic heterocycles. The van der Waals surface area contributed by atoms with E-state index in [-0.39, 0.29) is 23.4 Å². The highest BCUT2D eigenvalue weighted by Crippen LogP contribution is 2.17. The molecule has 1 fully saturated rings. The van der Waals surface area contributed by atoms with E-state index in [2.05, 4.69) is 15.7 Å². The Hall–Kier alpha value is -2.74. The maximum Gasteiger partial charge on any atom is 0.256 e. The van der Waals surface area contributed by atoms with Gasteiger partial charge in [-0.25, -0.2) is 4.39 Å². The van der Waals surface area contributed by atoms with Crippen molar-refractivity contribution in [2.45, 2.75) is 24.9 Å². The number of amides is 2. The summed E-state index contributed by atoms with van der Waals surface area (Å²) in [6.07, 6.45) is 4.73. The Morgan fingerprint density at radius 1 is 1.26 bits per heavy atom. The number of likely N-dealkylation sites (N-methyl/N-ethyl adjacent to an activating group) is 1. The molecule has 27 heavy (non-hydrogen) atoms. The summed E-state index contributed by atoms with van der Waals surface area (Å²) in [5.74, 6) is -0.933. The van der Waals surface area contributed by atoms with Gasteiger partial charge in [-0.1, -0.05) is 12.1 Å². The quantitative estimate of drug-likeness (QED) is 0.827. The second-order valence-corrected chi connectivity index (χ2v) is 6.72. The number of hydrogen-bond acceptors (Lipinski definition) is 4. The Morgan fingerprint density at radius 3 is 2.56 bits per heavy atom. The first-order valence-electron chi connectivity index (χ1n) is 8.99. The van der Waals surface area contributed by atoms with Gasteiger partial charge < -0.3 is 15.5 Å². The number of aryl methyl sites for hydroxylation is 1. The van der Waals surface area contributed by atoms with Gasteiger partial charge in [0.25, 0.3) is 5.91 Å². The van der Waals surface area contributed by atoms with Gasteiger partial charge in [-0.3, -0.25) is 14.3 Å². The van der Waals surface area contributed by atoms with E-state index in [0.29, 0.717) is 25.9 Å². The Bertz CT molecular complexity index is 814. The third kappa shape index (κ3) is 4.33. The lowest BCUT2D eigenvalue weighted by atomic mass is 10.0. The van der Waals surface area contributed by atoms with Crippen LogP contribution in [0.4, 0.5) is 4.39 Å². The number of carbonyl (C=O) groups excluding carboxylic acids is 2. The molecule has 0 saturated carbocycles. The van der Waals surface area contributed by atoms with Gasteiger partial charge in [0.05, 0.1) is 11.8 Å². The van der Waals surface area contributed by atoms with Gasteiger partial charge in [-0.15, -0.1) is 0 Å². The minimum atomic E-state index is -0.508. The predicted octanol–water partition coefficient (Wildman–Crippen LogP) is 1.24. The average molecular weight is 373 g/mol. The fourth-order valence-electron chi connectivity index (χ4n) is 3.35. The number of piperidine rings is 1. The maximum absolute atomic E-state index is 13.8. The summed E-state index contributed by atoms with van der Waals surface area (Å²) >= 11 is 0. The molecule has 1 aliphatic rings. The Balaban J connectivity index is 1.55. The van der Waals surface area contributed by atoms with Crippen LogP contribution in [0.25, 0.3) is 0 Å². The molecule has 2 N–H and O–H groups in total. The molecule has 2 heterocycles. The Morgan fingerprint density at radius 2 is 1.96 bits per heavy atom. The van der Waals surface area contributed by atoms with Crippen LogP contribution in [0.15, 0.2) is 36.7 Å². The normalized spacial score (nSPS) is 16.2. The molecular weight excluding hydrogens is 349 g/mol. The number of likely N-dealkylation sites (tertiary alicyclic amines) is 1. The standard InChI is InChI=1S/C19H24FN5O2/c1-21-17(13-11-22-24(2)12-13)18(26)23-14-7-9-25(10-8-14)19(27)15-5-3-4-6-16(15)20/h3-6,11-12,14,17,21H,7-10H2,1-2H3,(H,23,26). The van der Waals surface area contributed by atoms with Crippen molar-refractivity contribution in [1.82, 2.24) is 25.3 Å². The first-order chi connectivity index (χ1) is 13.0. The van der Waals surface area contributed by atoms with E-state index in [4.69, 9.17) is 0 Å². The van der Waals surface area contributed by atoms with Crippen molar-refractivity contribution < 1.29 is 14.0 Å². The van der Waals surface area contributed by atoms with Crippen molar-refractivity contribution in [3.8, 4) is 0 Å². The van der Waals surface area contributed by atoms with Crippen LogP contribution in [-0.2, 0) is 11.8 Å². The zero-order chi connectivity index (χ0) is 19.4. The van der Waals surface area contributed by atoms with Crippen LogP contribution in [-0.4, -0.2) is 52.7 Å². The fraction of sp³-hybridized carbons (Fsp3) is 0.421. The molecular formula is C19H24FN5O2. The molecule has 0 bridgehead atoms. The molecule has 2 aromatic rings. The van der Waals surface area contributed by atoms with Crippen molar-refractivity contribution in [2.24, 2.45) is 7.05 Å². The van der Waals surface area contributed by atoms with Gasteiger partial charge >= 0.3 is 0 Å². The fourth-order valence-corrected chi connectivity index (χ4v) is 3.35. The SMILES string of the molecule is CNC(C(=O)NC1CCN(C(=O)c2ccccc2F)CC1)c1cnn(C)c1. The summed E-state index contributed by atoms with van der Waals surface area (Å²) in [4.78, 5) is 26.7. The van der Waals surface area contributed by atoms with E-state index in [0.717, 1.165) is 5.56 Å². The zero-order valence-corrected chi connectivity index (χ0v) is 15.5. The molecule has 1 unspecified atom stereocenters. The van der Waals surface area contributed by atoms with Crippen LogP contribution in [0, 0.1) is 5.82 Å². The third-order valence-corrected chi connectivity index (χ3v) is 4.84. The van der Waals surface area contributed by atoms with E-state index >= 15 is 0 Å². The lowest BCUT2D eigenvalue weighted by Crippen LogP contribution is -2.48. The Kier molecular flexibility index (Phi) is 5.85. The molecule has 0 spiro atoms. The van der Waals surface area contributed by atoms with Crippen LogP contribution in [0.3, 0.4) is 0 Å². The average Bonchev–Trinajstić information content (AvgIpc) is 3.09. The van der Waals surface area contributed by atoms with Crippen LogP contribution in [0.1, 0.15) is 34.8 Å². The molecule has 0 aliphatic carbocycles. The monoisotopic (exact) mass is 373 g/mol. The van der Waals surface area contributed by atoms with Crippen molar-refractivity contribution >= 4 is 11.8 Å². The second kappa shape index (κ2) is 8.30. The highest BCUT2D eigenvalue weighted by Gasteiger charge is 2.28. The summed E-state index contributed by atoms with van der Waals surface area (Å²) in [6.45, 7) is 0.963. The smallest absolute Gasteiger partial charge is 0.256 e. The zero-order valence-electron chi connectivity index (χ0n) is 15.5. The highest BCUT2D eigenvalue weighted by molar-refractivity contribution is 5.94. The van der Waals surface area contributed by atoms with E-state index in [1.807, 2.05) is 0 Å². The summed E-state index contributed by atoms with van der Waals surface area (Å²) in [5.41, 5.74) is 0.886. The number of carbonyl (C=O) groups is 2. The van der Waals surface area contributed by atoms with E-state index in [9.17, 15) is 14.0 Å². The van der Waals surface area contributed by atoms with Gasteiger partial charge in [0.15, 0.2) is 0 Å². The van der Waals surface area contributed by atoms with Crippen LogP contribution in [0.5, 0.6) is 0 Å². The topological polar surface area (TPSA) is 79.3 Å². The minimum absolute atomic E-state index is 0.0188. The number of nitrogens with one attached hydrogen (secondary N) is 2. The first-order valence-corrected chi connectivity index (χ1v) is 8.99. The van der Waals surface area contributed by atoms with E-state index < -0.39 is 11.9 Å². The van der Waals surface area contributed by atoms with Gasteiger partial charge in [-0.2, -0.15) is 5.10 Å². The second-order valence-electron chi connectivity index (χ2n) is 6.72. The first kappa shape index (κ1) is 19.0. The van der Waals surface area contributed by atoms with Crippen LogP contribution >= 0.6 is 0 Å². The molecule has 144 valence electrons. The van der Waals surface area contributed by atoms with E-state index in [1.165, 1.54) is 12.1 Å². The predicted molar refractivity (Wildman–Crippen MR) is 98.5 cm³/mol. The van der Waals surface area contributed by atoms with Crippen molar-refractivity contribution in [2.75, 3.05) is 20.1 Å². The number of benzene rings is 1. The summed E-state index contributed by atoms with van der Waals surface area (Å²) < 4.78 is 15.5. The number of rotatable bonds is 5. The minimum Gasteiger partial charge on any atom is -0.352 e. The molecule has 1 atom stereocenters. The molecule has 7 nitrogen and oxygen atoms in total. The molecule has 0 radical (unpaired) electrons. The number of halogens is 1. The lowest BCUT2D eigenvalue weighted by Gasteiger charge is -2.33. The molecule has 2 amide bonds. The largest absolute Gasteiger partial charge is 0.352 e. The molecule has 8 heteroatoms. The summed E-state index contributed by atoms with van der Waals surface area (Å²) in [7, 11) is 3.53. The molecule has 1 saturated heterocycles. The number of hydrogen-bond donors (Lipinski definition) is 2. The third-order valence-electron chi connectivity index (χ3n) is 4.84. The van der Waals surface area contributed by atoms with Gasteiger partial charge in [0.1, 0.15) is 11.9 Å². The van der Waals surface area contributed by atoms with E-state index in [1.54, 1.807) is 48.2 Å². The van der Waals surface area contributed by atoms with Gasteiger partial charge in [0.2, 0.25) is 5.91 Å². The van der Waals surface area contributed by atoms with Crippen molar-refractivity contribution in [3.63, 3.8) is 0 Å². The molecule has 1 aromatic heterocycles. The molecule has 3 rings (SSSR count). The van der Waals surface area contributed by atoms with Gasteiger partial charge in [-0.05, 0) is 32.0 Å².